The van der Waals surface area contributed by atoms with Crippen molar-refractivity contribution in [2.45, 2.75) is 109 Å². The molecule has 0 saturated heterocycles. The molecule has 12 nitrogen and oxygen atoms in total. The third-order valence-electron chi connectivity index (χ3n) is 10.9. The summed E-state index contributed by atoms with van der Waals surface area (Å²) in [4.78, 5) is 35.1. The van der Waals surface area contributed by atoms with Crippen molar-refractivity contribution in [3.63, 3.8) is 0 Å². The molecule has 318 valence electrons. The Morgan fingerprint density at radius 2 is 1.83 bits per heavy atom. The first-order chi connectivity index (χ1) is 28.0. The average molecular weight is 824 g/mol. The van der Waals surface area contributed by atoms with E-state index in [1.807, 2.05) is 70.2 Å². The maximum Gasteiger partial charge on any atom is 0.412 e. The molecule has 0 unspecified atom stereocenters. The van der Waals surface area contributed by atoms with Crippen LogP contribution in [0.5, 0.6) is 11.5 Å². The van der Waals surface area contributed by atoms with Crippen molar-refractivity contribution in [1.29, 1.82) is 0 Å². The van der Waals surface area contributed by atoms with Crippen molar-refractivity contribution in [2.75, 3.05) is 38.9 Å². The fourth-order valence-electron chi connectivity index (χ4n) is 8.64. The van der Waals surface area contributed by atoms with E-state index < -0.39 is 35.5 Å². The largest absolute Gasteiger partial charge is 0.459 e. The third kappa shape index (κ3) is 10.9. The summed E-state index contributed by atoms with van der Waals surface area (Å²) in [5.74, 6) is -1.15. The predicted octanol–water partition coefficient (Wildman–Crippen LogP) is 8.49. The second-order valence-corrected chi connectivity index (χ2v) is 16.6. The minimum absolute atomic E-state index is 0.00173. The molecule has 1 heterocycles. The highest BCUT2D eigenvalue weighted by atomic mass is 35.5. The summed E-state index contributed by atoms with van der Waals surface area (Å²) in [6.45, 7) is 12.8. The monoisotopic (exact) mass is 823 g/mol. The van der Waals surface area contributed by atoms with Crippen molar-refractivity contribution < 1.29 is 43.6 Å². The highest BCUT2D eigenvalue weighted by Crippen LogP contribution is 2.62. The molecule has 13 heteroatoms. The van der Waals surface area contributed by atoms with Gasteiger partial charge in [-0.15, -0.1) is 18.2 Å². The van der Waals surface area contributed by atoms with Crippen LogP contribution in [0.25, 0.3) is 0 Å². The molecule has 5 rings (SSSR count). The molecule has 3 N–H and O–H groups in total. The van der Waals surface area contributed by atoms with Gasteiger partial charge in [0.15, 0.2) is 0 Å². The normalized spacial score (nSPS) is 24.1. The van der Waals surface area contributed by atoms with Gasteiger partial charge < -0.3 is 39.3 Å². The van der Waals surface area contributed by atoms with E-state index in [4.69, 9.17) is 40.5 Å². The number of carbonyl (C=O) groups excluding carboxylic acids is 2. The molecule has 1 saturated carbocycles. The number of fused-ring (bicyclic) bond motifs is 2. The zero-order chi connectivity index (χ0) is 41.7. The number of allylic oxidation sites excluding steroid dienone is 1. The van der Waals surface area contributed by atoms with Crippen molar-refractivity contribution in [2.24, 2.45) is 22.9 Å². The van der Waals surface area contributed by atoms with Crippen LogP contribution in [0.2, 0.25) is 0 Å². The lowest BCUT2D eigenvalue weighted by molar-refractivity contribution is -0.255. The Morgan fingerprint density at radius 1 is 1.09 bits per heavy atom. The molecule has 0 spiro atoms. The number of amides is 2. The molecule has 0 aromatic heterocycles. The van der Waals surface area contributed by atoms with Gasteiger partial charge in [-0.3, -0.25) is 4.90 Å². The summed E-state index contributed by atoms with van der Waals surface area (Å²) in [6.07, 6.45) is 8.14. The molecular formula is C45H62ClN3O9. The number of nitrogens with one attached hydrogen (secondary N) is 1. The zero-order valence-corrected chi connectivity index (χ0v) is 35.3. The number of hydrogen-bond acceptors (Lipinski definition) is 10. The summed E-state index contributed by atoms with van der Waals surface area (Å²) < 4.78 is 25.8. The van der Waals surface area contributed by atoms with E-state index in [2.05, 4.69) is 18.0 Å². The van der Waals surface area contributed by atoms with Gasteiger partial charge in [-0.1, -0.05) is 67.4 Å². The van der Waals surface area contributed by atoms with E-state index in [1.54, 1.807) is 17.0 Å². The molecule has 1 aliphatic heterocycles. The lowest BCUT2D eigenvalue weighted by Gasteiger charge is -2.60. The Hall–Kier alpha value is -4.10. The smallest absolute Gasteiger partial charge is 0.412 e. The van der Waals surface area contributed by atoms with Gasteiger partial charge in [0.2, 0.25) is 5.79 Å². The summed E-state index contributed by atoms with van der Waals surface area (Å²) in [7, 11) is 0. The van der Waals surface area contributed by atoms with Crippen LogP contribution in [0.4, 0.5) is 9.59 Å². The fraction of sp³-hybridized carbons (Fsp3) is 0.578. The Labute approximate surface area is 348 Å². The van der Waals surface area contributed by atoms with Gasteiger partial charge >= 0.3 is 12.2 Å². The van der Waals surface area contributed by atoms with E-state index in [0.717, 1.165) is 42.4 Å². The lowest BCUT2D eigenvalue weighted by atomic mass is 9.55. The SMILES string of the molecule is C=CCO[C@@]12Oc3ccc(OC(=O)NCc4ccccc4)cc3[C@H]3[C@H](CCCCO)[C@@H](CCCCO)C=C(C(=NOC(C)(C)C)C[C@@H]1N(CCC)C(=O)OCCCl)[C@H]32. The zero-order valence-electron chi connectivity index (χ0n) is 34.5. The van der Waals surface area contributed by atoms with Crippen molar-refractivity contribution in [1.82, 2.24) is 10.2 Å². The highest BCUT2D eigenvalue weighted by Gasteiger charge is 2.65. The van der Waals surface area contributed by atoms with Gasteiger partial charge in [0.1, 0.15) is 29.7 Å². The van der Waals surface area contributed by atoms with Crippen LogP contribution >= 0.6 is 11.6 Å². The van der Waals surface area contributed by atoms with Crippen molar-refractivity contribution in [3.05, 3.63) is 84.0 Å². The Balaban J connectivity index is 1.72. The van der Waals surface area contributed by atoms with E-state index in [9.17, 15) is 19.8 Å². The molecule has 2 aromatic carbocycles. The van der Waals surface area contributed by atoms with Crippen LogP contribution in [0, 0.1) is 17.8 Å². The van der Waals surface area contributed by atoms with Gasteiger partial charge in [-0.25, -0.2) is 9.59 Å². The number of ether oxygens (including phenoxy) is 4. The van der Waals surface area contributed by atoms with E-state index >= 15 is 0 Å². The number of oxime groups is 1. The number of aliphatic hydroxyl groups is 2. The van der Waals surface area contributed by atoms with Crippen LogP contribution in [-0.4, -0.2) is 89.3 Å². The van der Waals surface area contributed by atoms with Gasteiger partial charge in [-0.2, -0.15) is 0 Å². The number of unbranched alkanes of at least 4 members (excludes halogenated alkanes) is 2. The highest BCUT2D eigenvalue weighted by molar-refractivity contribution is 6.18. The average Bonchev–Trinajstić information content (AvgIpc) is 3.21. The van der Waals surface area contributed by atoms with Crippen LogP contribution < -0.4 is 14.8 Å². The number of halogens is 1. The maximum atomic E-state index is 14.1. The number of nitrogens with zero attached hydrogens (tertiary/aromatic N) is 2. The van der Waals surface area contributed by atoms with Crippen LogP contribution in [0.1, 0.15) is 96.1 Å². The van der Waals surface area contributed by atoms with Crippen LogP contribution in [0.15, 0.2) is 78.0 Å². The first-order valence-electron chi connectivity index (χ1n) is 20.8. The second-order valence-electron chi connectivity index (χ2n) is 16.2. The maximum absolute atomic E-state index is 14.1. The van der Waals surface area contributed by atoms with Gasteiger partial charge in [0.25, 0.3) is 0 Å². The van der Waals surface area contributed by atoms with E-state index in [-0.39, 0.29) is 56.5 Å². The predicted molar refractivity (Wildman–Crippen MR) is 224 cm³/mol. The number of carbonyl (C=O) groups is 2. The second kappa shape index (κ2) is 21.2. The summed E-state index contributed by atoms with van der Waals surface area (Å²) in [5.41, 5.74) is 2.76. The molecule has 0 bridgehead atoms. The first-order valence-corrected chi connectivity index (χ1v) is 21.3. The van der Waals surface area contributed by atoms with E-state index in [0.29, 0.717) is 49.6 Å². The minimum Gasteiger partial charge on any atom is -0.459 e. The number of rotatable bonds is 20. The molecule has 0 radical (unpaired) electrons. The quantitative estimate of drug-likeness (QED) is 0.0518. The summed E-state index contributed by atoms with van der Waals surface area (Å²) >= 11 is 6.00. The molecule has 2 amide bonds. The number of aliphatic hydroxyl groups excluding tert-OH is 2. The molecule has 58 heavy (non-hydrogen) atoms. The van der Waals surface area contributed by atoms with Crippen LogP contribution in [0.3, 0.4) is 0 Å². The number of hydrogen-bond donors (Lipinski definition) is 3. The lowest BCUT2D eigenvalue weighted by Crippen LogP contribution is -2.70. The van der Waals surface area contributed by atoms with Crippen molar-refractivity contribution >= 4 is 29.5 Å². The Morgan fingerprint density at radius 3 is 2.50 bits per heavy atom. The fourth-order valence-corrected chi connectivity index (χ4v) is 8.72. The minimum atomic E-state index is -1.44. The summed E-state index contributed by atoms with van der Waals surface area (Å²) in [6, 6.07) is 14.3. The Bertz CT molecular complexity index is 1730. The topological polar surface area (TPSA) is 148 Å². The molecule has 6 atom stereocenters. The number of benzene rings is 2. The van der Waals surface area contributed by atoms with Gasteiger partial charge in [0.05, 0.1) is 24.1 Å². The van der Waals surface area contributed by atoms with E-state index in [1.165, 1.54) is 0 Å². The van der Waals surface area contributed by atoms with Gasteiger partial charge in [-0.05, 0) is 94.0 Å². The first kappa shape index (κ1) is 45.0. The summed E-state index contributed by atoms with van der Waals surface area (Å²) in [5, 5.41) is 27.4. The van der Waals surface area contributed by atoms with Gasteiger partial charge in [0, 0.05) is 44.2 Å². The molecule has 2 aromatic rings. The molecule has 1 fully saturated rings. The van der Waals surface area contributed by atoms with Crippen molar-refractivity contribution in [3.8, 4) is 11.5 Å². The molecular weight excluding hydrogens is 762 g/mol. The third-order valence-corrected chi connectivity index (χ3v) is 11.1. The number of alkyl halides is 1. The molecule has 2 aliphatic carbocycles. The van der Waals surface area contributed by atoms with Crippen LogP contribution in [-0.2, 0) is 20.9 Å². The Kier molecular flexibility index (Phi) is 16.5. The standard InChI is InChI=1S/C45H62ClN3O9/c1-6-22-49(43(53)54-26-21-46)39-29-37(48-58-44(3,4)5)35-27-32(17-11-13-23-50)34(18-12-14-24-51)40-36-28-33(56-42(52)47-30-31-15-9-8-10-16-31)19-20-38(36)57-45(39,41(35)40)55-25-7-2/h7-10,15-16,19-20,27-28,32,34,39-41,50-51H,2,6,11-14,17-18,21-26,29-30H2,1,3-5H3,(H,47,52)/t32-,34+,39-,40+,41+,45+/m0/s1. The molecule has 3 aliphatic rings.